The first-order valence-corrected chi connectivity index (χ1v) is 21.4. The minimum Gasteiger partial charge on any atom is -0.480 e. The SMILES string of the molecule is NCCCC[C@@H](C(=O)O)N(C(=O)N[C@H]1CC[C@H](CCN2[C@@H]3CC[C@H]2c2ccccc23)CC1)C(=O)N[C@H]1CC[C@H](CCN2[C@@H]3CC[C@H]2c2ccccc23)CC1. The van der Waals surface area contributed by atoms with E-state index in [1.165, 1.54) is 47.9 Å². The summed E-state index contributed by atoms with van der Waals surface area (Å²) in [4.78, 5) is 46.8. The van der Waals surface area contributed by atoms with Crippen molar-refractivity contribution in [3.05, 3.63) is 70.8 Å². The fourth-order valence-corrected chi connectivity index (χ4v) is 11.5. The third-order valence-electron chi connectivity index (χ3n) is 14.4. The molecule has 10 nitrogen and oxygen atoms in total. The maximum atomic E-state index is 13.9. The highest BCUT2D eigenvalue weighted by atomic mass is 16.4. The number of nitrogens with zero attached hydrogens (tertiary/aromatic N) is 3. The molecule has 10 heteroatoms. The Labute approximate surface area is 321 Å². The number of imide groups is 1. The van der Waals surface area contributed by atoms with Gasteiger partial charge in [-0.3, -0.25) is 9.80 Å². The Bertz CT molecular complexity index is 1470. The summed E-state index contributed by atoms with van der Waals surface area (Å²) in [5.74, 6) is 0.0713. The van der Waals surface area contributed by atoms with E-state index in [2.05, 4.69) is 69.0 Å². The van der Waals surface area contributed by atoms with E-state index >= 15 is 0 Å². The summed E-state index contributed by atoms with van der Waals surface area (Å²) in [5.41, 5.74) is 11.8. The number of benzene rings is 2. The van der Waals surface area contributed by atoms with Crippen LogP contribution in [0.25, 0.3) is 0 Å². The Balaban J connectivity index is 0.814. The van der Waals surface area contributed by atoms with Gasteiger partial charge in [-0.1, -0.05) is 48.5 Å². The fraction of sp³-hybridized carbons (Fsp3) is 0.659. The standard InChI is InChI=1S/C44H62N6O4/c45-26-6-5-11-41(42(51)52)50(43(53)46-31-16-12-29(13-17-31)24-27-48-37-20-21-38(48)34-8-2-1-7-33(34)37)44(54)47-32-18-14-30(15-19-32)25-28-49-39-22-23-40(49)36-10-4-3-9-35(36)39/h1-4,7-10,29-32,37-41H,5-6,11-28,45H2,(H,46,53)(H,47,54)(H,51,52)/t29-,30-,31-,32-,37-,38+,39-,40+,41-/m0/s1. The Morgan fingerprint density at radius 2 is 1.02 bits per heavy atom. The van der Waals surface area contributed by atoms with Gasteiger partial charge in [0.15, 0.2) is 0 Å². The zero-order valence-corrected chi connectivity index (χ0v) is 32.0. The Kier molecular flexibility index (Phi) is 11.6. The fourth-order valence-electron chi connectivity index (χ4n) is 11.5. The number of carbonyl (C=O) groups excluding carboxylic acids is 2. The Morgan fingerprint density at radius 3 is 1.37 bits per heavy atom. The van der Waals surface area contributed by atoms with Crippen molar-refractivity contribution in [1.82, 2.24) is 25.3 Å². The number of nitrogens with two attached hydrogens (primary N) is 1. The van der Waals surface area contributed by atoms with Crippen LogP contribution >= 0.6 is 0 Å². The molecule has 4 amide bonds. The second-order valence-corrected chi connectivity index (χ2v) is 17.4. The van der Waals surface area contributed by atoms with Crippen LogP contribution < -0.4 is 16.4 Å². The van der Waals surface area contributed by atoms with E-state index in [9.17, 15) is 19.5 Å². The first-order chi connectivity index (χ1) is 26.4. The largest absolute Gasteiger partial charge is 0.480 e. The number of unbranched alkanes of at least 4 members (excludes halogenated alkanes) is 1. The number of carboxylic acid groups (broad SMARTS) is 1. The Hall–Kier alpha value is -3.47. The molecule has 0 spiro atoms. The predicted molar refractivity (Wildman–Crippen MR) is 210 cm³/mol. The maximum absolute atomic E-state index is 13.9. The van der Waals surface area contributed by atoms with Crippen molar-refractivity contribution in [2.45, 2.75) is 151 Å². The van der Waals surface area contributed by atoms with Crippen molar-refractivity contribution in [1.29, 1.82) is 0 Å². The molecular weight excluding hydrogens is 677 g/mol. The normalized spacial score (nSPS) is 30.5. The van der Waals surface area contributed by atoms with Crippen molar-refractivity contribution < 1.29 is 19.5 Å². The smallest absolute Gasteiger partial charge is 0.327 e. The first-order valence-electron chi connectivity index (χ1n) is 21.4. The highest BCUT2D eigenvalue weighted by Crippen LogP contribution is 2.54. The summed E-state index contributed by atoms with van der Waals surface area (Å²) >= 11 is 0. The summed E-state index contributed by atoms with van der Waals surface area (Å²) in [6.45, 7) is 2.66. The number of fused-ring (bicyclic) bond motifs is 10. The molecule has 4 fully saturated rings. The van der Waals surface area contributed by atoms with Gasteiger partial charge in [0.1, 0.15) is 6.04 Å². The number of amides is 4. The van der Waals surface area contributed by atoms with E-state index in [0.717, 1.165) is 82.2 Å². The molecule has 4 aliphatic heterocycles. The molecule has 292 valence electrons. The van der Waals surface area contributed by atoms with Gasteiger partial charge in [-0.15, -0.1) is 0 Å². The van der Waals surface area contributed by atoms with Gasteiger partial charge in [0, 0.05) is 36.3 Å². The van der Waals surface area contributed by atoms with Crippen LogP contribution in [0.3, 0.4) is 0 Å². The van der Waals surface area contributed by atoms with E-state index in [0.29, 0.717) is 55.4 Å². The molecule has 6 aliphatic rings. The average Bonchev–Trinajstić information content (AvgIpc) is 3.95. The topological polar surface area (TPSA) is 131 Å². The summed E-state index contributed by atoms with van der Waals surface area (Å²) in [5, 5.41) is 16.5. The van der Waals surface area contributed by atoms with Crippen LogP contribution in [0.4, 0.5) is 9.59 Å². The highest BCUT2D eigenvalue weighted by molar-refractivity contribution is 5.98. The number of hydrogen-bond donors (Lipinski definition) is 4. The number of carbonyl (C=O) groups is 3. The summed E-state index contributed by atoms with van der Waals surface area (Å²) in [7, 11) is 0. The average molecular weight is 739 g/mol. The number of urea groups is 2. The van der Waals surface area contributed by atoms with Gasteiger partial charge in [-0.05, 0) is 163 Å². The lowest BCUT2D eigenvalue weighted by Crippen LogP contribution is -2.59. The van der Waals surface area contributed by atoms with Crippen LogP contribution in [-0.2, 0) is 4.79 Å². The van der Waals surface area contributed by atoms with Crippen molar-refractivity contribution in [2.75, 3.05) is 19.6 Å². The second-order valence-electron chi connectivity index (χ2n) is 17.4. The van der Waals surface area contributed by atoms with Crippen LogP contribution in [0.1, 0.15) is 156 Å². The van der Waals surface area contributed by atoms with Gasteiger partial charge in [0.25, 0.3) is 0 Å². The van der Waals surface area contributed by atoms with Crippen molar-refractivity contribution >= 4 is 18.0 Å². The van der Waals surface area contributed by atoms with Gasteiger partial charge in [-0.2, -0.15) is 0 Å². The predicted octanol–water partition coefficient (Wildman–Crippen LogP) is 7.97. The highest BCUT2D eigenvalue weighted by Gasteiger charge is 2.45. The molecule has 2 aromatic carbocycles. The molecule has 0 unspecified atom stereocenters. The number of rotatable bonds is 14. The number of carboxylic acids is 1. The monoisotopic (exact) mass is 738 g/mol. The molecule has 2 aromatic rings. The van der Waals surface area contributed by atoms with Gasteiger partial charge < -0.3 is 21.5 Å². The van der Waals surface area contributed by atoms with Crippen molar-refractivity contribution in [3.63, 3.8) is 0 Å². The van der Waals surface area contributed by atoms with Crippen LogP contribution in [0.15, 0.2) is 48.5 Å². The molecule has 0 aromatic heterocycles. The van der Waals surface area contributed by atoms with Crippen LogP contribution in [0.5, 0.6) is 0 Å². The summed E-state index contributed by atoms with van der Waals surface area (Å²) < 4.78 is 0. The summed E-state index contributed by atoms with van der Waals surface area (Å²) in [6, 6.07) is 17.6. The maximum Gasteiger partial charge on any atom is 0.327 e. The molecule has 4 bridgehead atoms. The van der Waals surface area contributed by atoms with Crippen molar-refractivity contribution in [2.24, 2.45) is 17.6 Å². The molecule has 2 saturated heterocycles. The minimum absolute atomic E-state index is 0.0659. The molecule has 5 N–H and O–H groups in total. The molecular formula is C44H62N6O4. The van der Waals surface area contributed by atoms with Gasteiger partial charge in [0.2, 0.25) is 0 Å². The third kappa shape index (κ3) is 7.67. The number of aliphatic carboxylic acids is 1. The van der Waals surface area contributed by atoms with E-state index in [1.54, 1.807) is 0 Å². The van der Waals surface area contributed by atoms with Crippen molar-refractivity contribution in [3.8, 4) is 0 Å². The lowest BCUT2D eigenvalue weighted by molar-refractivity contribution is -0.141. The third-order valence-corrected chi connectivity index (χ3v) is 14.4. The number of nitrogens with one attached hydrogen (secondary N) is 2. The molecule has 5 atom stereocenters. The zero-order chi connectivity index (χ0) is 37.2. The van der Waals surface area contributed by atoms with Crippen LogP contribution in [0, 0.1) is 11.8 Å². The second kappa shape index (κ2) is 16.7. The van der Waals surface area contributed by atoms with E-state index in [4.69, 9.17) is 5.73 Å². The van der Waals surface area contributed by atoms with E-state index < -0.39 is 24.1 Å². The van der Waals surface area contributed by atoms with E-state index in [1.807, 2.05) is 0 Å². The number of hydrogen-bond acceptors (Lipinski definition) is 6. The minimum atomic E-state index is -1.23. The quantitative estimate of drug-likeness (QED) is 0.145. The molecule has 0 radical (unpaired) electrons. The molecule has 4 heterocycles. The zero-order valence-electron chi connectivity index (χ0n) is 32.0. The lowest BCUT2D eigenvalue weighted by Gasteiger charge is -2.35. The van der Waals surface area contributed by atoms with Gasteiger partial charge >= 0.3 is 18.0 Å². The summed E-state index contributed by atoms with van der Waals surface area (Å²) in [6.07, 6.45) is 16.2. The molecule has 2 aliphatic carbocycles. The molecule has 54 heavy (non-hydrogen) atoms. The van der Waals surface area contributed by atoms with E-state index in [-0.39, 0.29) is 18.5 Å². The van der Waals surface area contributed by atoms with Gasteiger partial charge in [-0.25, -0.2) is 19.3 Å². The lowest BCUT2D eigenvalue weighted by atomic mass is 9.84. The molecule has 8 rings (SSSR count). The Morgan fingerprint density at radius 1 is 0.630 bits per heavy atom. The van der Waals surface area contributed by atoms with Crippen LogP contribution in [-0.4, -0.2) is 75.6 Å². The van der Waals surface area contributed by atoms with Gasteiger partial charge in [0.05, 0.1) is 0 Å². The first kappa shape index (κ1) is 37.5. The van der Waals surface area contributed by atoms with Crippen LogP contribution in [0.2, 0.25) is 0 Å². The molecule has 2 saturated carbocycles.